The highest BCUT2D eigenvalue weighted by Gasteiger charge is 2.52. The van der Waals surface area contributed by atoms with Gasteiger partial charge in [0.1, 0.15) is 0 Å². The molecule has 0 N–H and O–H groups in total. The Labute approximate surface area is 408 Å². The Morgan fingerprint density at radius 3 is 1.57 bits per heavy atom. The van der Waals surface area contributed by atoms with E-state index in [-0.39, 0.29) is 0 Å². The fraction of sp³-hybridized carbons (Fsp3) is 0.0149. The molecule has 0 fully saturated rings. The smallest absolute Gasteiger partial charge is 0.0726 e. The van der Waals surface area contributed by atoms with Gasteiger partial charge in [-0.05, 0) is 135 Å². The molecule has 0 saturated carbocycles. The number of anilines is 6. The van der Waals surface area contributed by atoms with Crippen molar-refractivity contribution >= 4 is 55.9 Å². The molecule has 11 aromatic carbocycles. The van der Waals surface area contributed by atoms with Gasteiger partial charge in [0, 0.05) is 50.5 Å². The maximum Gasteiger partial charge on any atom is 0.0726 e. The number of benzene rings is 11. The predicted octanol–water partition coefficient (Wildman–Crippen LogP) is 17.7. The minimum atomic E-state index is -0.552. The van der Waals surface area contributed by atoms with E-state index in [2.05, 4.69) is 287 Å². The molecule has 2 aliphatic rings. The SMILES string of the molecule is c1ccc(-c2cccc(N(c3ccccc3)c3ccc4c(c3)-c3ccccc3C43c4ccccc4-c4c(N(c5ccccc5)c5ccc6c7ccccc7n(-c7ccccc7)c6c5)cccc43)c2)cc1. The predicted molar refractivity (Wildman–Crippen MR) is 292 cm³/mol. The first kappa shape index (κ1) is 39.9. The summed E-state index contributed by atoms with van der Waals surface area (Å²) in [5.41, 5.74) is 22.2. The number of hydrogen-bond acceptors (Lipinski definition) is 2. The highest BCUT2D eigenvalue weighted by molar-refractivity contribution is 6.11. The minimum absolute atomic E-state index is 0.552. The topological polar surface area (TPSA) is 11.4 Å². The van der Waals surface area contributed by atoms with E-state index in [0.29, 0.717) is 0 Å². The second kappa shape index (κ2) is 16.0. The van der Waals surface area contributed by atoms with E-state index in [1.54, 1.807) is 0 Å². The number of nitrogens with zero attached hydrogens (tertiary/aromatic N) is 3. The van der Waals surface area contributed by atoms with Crippen LogP contribution in [0.15, 0.2) is 273 Å². The Hall–Kier alpha value is -9.18. The van der Waals surface area contributed by atoms with Crippen molar-refractivity contribution in [2.75, 3.05) is 9.80 Å². The van der Waals surface area contributed by atoms with E-state index in [4.69, 9.17) is 0 Å². The molecule has 0 amide bonds. The molecule has 1 aromatic heterocycles. The van der Waals surface area contributed by atoms with Gasteiger partial charge < -0.3 is 14.4 Å². The quantitative estimate of drug-likeness (QED) is 0.151. The normalized spacial score (nSPS) is 14.1. The van der Waals surface area contributed by atoms with Gasteiger partial charge in [-0.15, -0.1) is 0 Å². The molecular weight excluding hydrogens is 847 g/mol. The summed E-state index contributed by atoms with van der Waals surface area (Å²) in [6, 6.07) is 100. The van der Waals surface area contributed by atoms with Gasteiger partial charge in [-0.25, -0.2) is 0 Å². The van der Waals surface area contributed by atoms with Gasteiger partial charge in [0.15, 0.2) is 0 Å². The first-order valence-corrected chi connectivity index (χ1v) is 24.2. The molecule has 328 valence electrons. The van der Waals surface area contributed by atoms with Crippen LogP contribution in [0.25, 0.3) is 60.9 Å². The summed E-state index contributed by atoms with van der Waals surface area (Å²) in [6.45, 7) is 0. The van der Waals surface area contributed by atoms with Crippen molar-refractivity contribution in [1.29, 1.82) is 0 Å². The van der Waals surface area contributed by atoms with Gasteiger partial charge in [-0.1, -0.05) is 188 Å². The van der Waals surface area contributed by atoms with Gasteiger partial charge in [0.05, 0.1) is 22.1 Å². The van der Waals surface area contributed by atoms with Crippen LogP contribution in [-0.2, 0) is 5.41 Å². The van der Waals surface area contributed by atoms with E-state index in [1.165, 1.54) is 77.4 Å². The third-order valence-corrected chi connectivity index (χ3v) is 14.7. The van der Waals surface area contributed by atoms with E-state index < -0.39 is 5.41 Å². The Morgan fingerprint density at radius 1 is 0.286 bits per heavy atom. The molecule has 3 nitrogen and oxygen atoms in total. The van der Waals surface area contributed by atoms with Crippen molar-refractivity contribution in [2.24, 2.45) is 0 Å². The number of rotatable bonds is 8. The molecule has 0 bridgehead atoms. The molecule has 1 unspecified atom stereocenters. The summed E-state index contributed by atoms with van der Waals surface area (Å²) in [5, 5.41) is 2.47. The maximum absolute atomic E-state index is 2.48. The van der Waals surface area contributed by atoms with Crippen LogP contribution < -0.4 is 9.80 Å². The molecule has 1 spiro atoms. The Kier molecular flexibility index (Phi) is 9.11. The summed E-state index contributed by atoms with van der Waals surface area (Å²) < 4.78 is 2.41. The Balaban J connectivity index is 0.987. The van der Waals surface area contributed by atoms with Crippen LogP contribution in [0.1, 0.15) is 22.3 Å². The molecule has 3 heteroatoms. The lowest BCUT2D eigenvalue weighted by Gasteiger charge is -2.32. The van der Waals surface area contributed by atoms with Crippen LogP contribution in [0.4, 0.5) is 34.1 Å². The fourth-order valence-corrected chi connectivity index (χ4v) is 11.9. The lowest BCUT2D eigenvalue weighted by molar-refractivity contribution is 0.793. The third-order valence-electron chi connectivity index (χ3n) is 14.7. The van der Waals surface area contributed by atoms with Crippen LogP contribution in [-0.4, -0.2) is 4.57 Å². The summed E-state index contributed by atoms with van der Waals surface area (Å²) in [5.74, 6) is 0. The van der Waals surface area contributed by atoms with Crippen LogP contribution in [0.5, 0.6) is 0 Å². The van der Waals surface area contributed by atoms with Crippen molar-refractivity contribution in [2.45, 2.75) is 5.41 Å². The van der Waals surface area contributed by atoms with Crippen molar-refractivity contribution in [3.05, 3.63) is 295 Å². The van der Waals surface area contributed by atoms with Crippen molar-refractivity contribution in [1.82, 2.24) is 4.57 Å². The summed E-state index contributed by atoms with van der Waals surface area (Å²) >= 11 is 0. The molecular formula is C67H45N3. The first-order valence-electron chi connectivity index (χ1n) is 24.2. The molecule has 2 aliphatic carbocycles. The van der Waals surface area contributed by atoms with Crippen LogP contribution >= 0.6 is 0 Å². The lowest BCUT2D eigenvalue weighted by atomic mass is 9.70. The summed E-state index contributed by atoms with van der Waals surface area (Å²) in [7, 11) is 0. The molecule has 12 aromatic rings. The maximum atomic E-state index is 2.48. The van der Waals surface area contributed by atoms with Crippen LogP contribution in [0, 0.1) is 0 Å². The average Bonchev–Trinajstić information content (AvgIpc) is 4.04. The van der Waals surface area contributed by atoms with Gasteiger partial charge in [-0.3, -0.25) is 0 Å². The van der Waals surface area contributed by atoms with Gasteiger partial charge in [0.25, 0.3) is 0 Å². The van der Waals surface area contributed by atoms with Crippen molar-refractivity contribution in [3.8, 4) is 39.1 Å². The van der Waals surface area contributed by atoms with Crippen LogP contribution in [0.2, 0.25) is 0 Å². The highest BCUT2D eigenvalue weighted by atomic mass is 15.2. The summed E-state index contributed by atoms with van der Waals surface area (Å²) in [6.07, 6.45) is 0. The zero-order chi connectivity index (χ0) is 46.2. The lowest BCUT2D eigenvalue weighted by Crippen LogP contribution is -2.26. The number of fused-ring (bicyclic) bond motifs is 13. The molecule has 0 saturated heterocycles. The average molecular weight is 892 g/mol. The first-order chi connectivity index (χ1) is 34.8. The molecule has 14 rings (SSSR count). The molecule has 0 aliphatic heterocycles. The Bertz CT molecular complexity index is 3950. The zero-order valence-corrected chi connectivity index (χ0v) is 38.3. The Morgan fingerprint density at radius 2 is 0.800 bits per heavy atom. The summed E-state index contributed by atoms with van der Waals surface area (Å²) in [4.78, 5) is 4.88. The van der Waals surface area contributed by atoms with Gasteiger partial charge in [0.2, 0.25) is 0 Å². The van der Waals surface area contributed by atoms with E-state index in [9.17, 15) is 0 Å². The highest BCUT2D eigenvalue weighted by Crippen LogP contribution is 2.65. The third kappa shape index (κ3) is 5.95. The second-order valence-corrected chi connectivity index (χ2v) is 18.4. The van der Waals surface area contributed by atoms with Gasteiger partial charge in [-0.2, -0.15) is 0 Å². The van der Waals surface area contributed by atoms with Crippen molar-refractivity contribution in [3.63, 3.8) is 0 Å². The second-order valence-electron chi connectivity index (χ2n) is 18.4. The number of hydrogen-bond donors (Lipinski definition) is 0. The standard InChI is InChI=1S/C67H45N3/c1-5-21-46(22-6-1)47-23-19-30-51(43-47)68(48-24-7-2-8-25-48)52-40-42-61-58(44-52)54-31-13-16-34-59(54)67(61)60-35-17-14-33-57(60)66-62(67)36-20-38-64(66)69(49-26-9-3-10-27-49)53-39-41-56-55-32-15-18-37-63(55)70(65(56)45-53)50-28-11-4-12-29-50/h1-45H. The molecule has 1 atom stereocenters. The zero-order valence-electron chi connectivity index (χ0n) is 38.3. The van der Waals surface area contributed by atoms with Crippen LogP contribution in [0.3, 0.4) is 0 Å². The molecule has 1 heterocycles. The molecule has 0 radical (unpaired) electrons. The monoisotopic (exact) mass is 891 g/mol. The largest absolute Gasteiger partial charge is 0.310 e. The molecule has 70 heavy (non-hydrogen) atoms. The van der Waals surface area contributed by atoms with Crippen molar-refractivity contribution < 1.29 is 0 Å². The fourth-order valence-electron chi connectivity index (χ4n) is 11.9. The van der Waals surface area contributed by atoms with Gasteiger partial charge >= 0.3 is 0 Å². The van der Waals surface area contributed by atoms with E-state index >= 15 is 0 Å². The van der Waals surface area contributed by atoms with E-state index in [0.717, 1.165) is 39.8 Å². The number of para-hydroxylation sites is 4. The van der Waals surface area contributed by atoms with E-state index in [1.807, 2.05) is 0 Å². The number of aromatic nitrogens is 1. The minimum Gasteiger partial charge on any atom is -0.310 e.